The first-order valence-electron chi connectivity index (χ1n) is 6.68. The second kappa shape index (κ2) is 6.51. The molecule has 1 aromatic rings. The molecule has 0 unspecified atom stereocenters. The molecule has 0 aromatic carbocycles. The van der Waals surface area contributed by atoms with Gasteiger partial charge in [-0.3, -0.25) is 9.59 Å². The number of methoxy groups -OCH3 is 1. The minimum absolute atomic E-state index is 0.148. The van der Waals surface area contributed by atoms with Crippen molar-refractivity contribution in [3.8, 4) is 0 Å². The fraction of sp³-hybridized carbons (Fsp3) is 0.615. The molecule has 1 fully saturated rings. The number of hydrogen-bond donors (Lipinski definition) is 0. The molecule has 0 N–H and O–H groups in total. The van der Waals surface area contributed by atoms with Crippen LogP contribution < -0.4 is 10.5 Å². The Balaban J connectivity index is 2.08. The minimum atomic E-state index is -0.344. The molecule has 0 saturated carbocycles. The van der Waals surface area contributed by atoms with Gasteiger partial charge in [-0.15, -0.1) is 0 Å². The summed E-state index contributed by atoms with van der Waals surface area (Å²) >= 11 is 0. The van der Waals surface area contributed by atoms with E-state index in [1.807, 2.05) is 0 Å². The third kappa shape index (κ3) is 3.57. The zero-order valence-electron chi connectivity index (χ0n) is 11.9. The van der Waals surface area contributed by atoms with Crippen LogP contribution in [0.25, 0.3) is 0 Å². The lowest BCUT2D eigenvalue weighted by Gasteiger charge is -2.33. The molecule has 0 bridgehead atoms. The molecule has 20 heavy (non-hydrogen) atoms. The van der Waals surface area contributed by atoms with Gasteiger partial charge in [0.1, 0.15) is 5.82 Å². The van der Waals surface area contributed by atoms with Crippen molar-refractivity contribution in [2.24, 2.45) is 0 Å². The van der Waals surface area contributed by atoms with E-state index in [2.05, 4.69) is 26.7 Å². The van der Waals surface area contributed by atoms with Gasteiger partial charge in [0.15, 0.2) is 0 Å². The van der Waals surface area contributed by atoms with Crippen molar-refractivity contribution >= 4 is 11.8 Å². The zero-order valence-corrected chi connectivity index (χ0v) is 11.9. The summed E-state index contributed by atoms with van der Waals surface area (Å²) in [5.74, 6) is 0.436. The summed E-state index contributed by atoms with van der Waals surface area (Å²) < 4.78 is 5.90. The van der Waals surface area contributed by atoms with Crippen LogP contribution in [0.1, 0.15) is 6.42 Å². The van der Waals surface area contributed by atoms with E-state index in [-0.39, 0.29) is 24.5 Å². The van der Waals surface area contributed by atoms with Gasteiger partial charge < -0.3 is 14.5 Å². The lowest BCUT2D eigenvalue weighted by Crippen LogP contribution is -2.45. The zero-order chi connectivity index (χ0) is 14.5. The van der Waals surface area contributed by atoms with E-state index >= 15 is 0 Å². The van der Waals surface area contributed by atoms with E-state index in [4.69, 9.17) is 0 Å². The van der Waals surface area contributed by atoms with Crippen molar-refractivity contribution in [1.29, 1.82) is 0 Å². The van der Waals surface area contributed by atoms with Gasteiger partial charge in [-0.2, -0.15) is 5.10 Å². The van der Waals surface area contributed by atoms with E-state index in [1.54, 1.807) is 6.07 Å². The van der Waals surface area contributed by atoms with Crippen molar-refractivity contribution in [2.75, 3.05) is 45.2 Å². The van der Waals surface area contributed by atoms with E-state index < -0.39 is 0 Å². The molecular weight excluding hydrogens is 260 g/mol. The number of aromatic nitrogens is 2. The fourth-order valence-corrected chi connectivity index (χ4v) is 2.10. The highest BCUT2D eigenvalue weighted by Gasteiger charge is 2.16. The molecule has 0 aliphatic carbocycles. The molecule has 1 saturated heterocycles. The van der Waals surface area contributed by atoms with Gasteiger partial charge in [-0.1, -0.05) is 0 Å². The van der Waals surface area contributed by atoms with Gasteiger partial charge in [0.2, 0.25) is 0 Å². The second-order valence-corrected chi connectivity index (χ2v) is 4.87. The lowest BCUT2D eigenvalue weighted by atomic mass is 10.3. The van der Waals surface area contributed by atoms with E-state index in [1.165, 1.54) is 17.9 Å². The van der Waals surface area contributed by atoms with Crippen LogP contribution in [0.4, 0.5) is 5.82 Å². The third-order valence-corrected chi connectivity index (χ3v) is 3.44. The van der Waals surface area contributed by atoms with Crippen LogP contribution in [0.15, 0.2) is 16.9 Å². The SMILES string of the molecule is COC(=O)CCn1nc(N2CCN(C)CC2)ccc1=O. The molecule has 1 aliphatic rings. The lowest BCUT2D eigenvalue weighted by molar-refractivity contribution is -0.140. The quantitative estimate of drug-likeness (QED) is 0.697. The standard InChI is InChI=1S/C13H20N4O3/c1-15-7-9-16(10-8-15)11-3-4-12(18)17(14-11)6-5-13(19)20-2/h3-4H,5-10H2,1-2H3. The smallest absolute Gasteiger partial charge is 0.307 e. The average molecular weight is 280 g/mol. The molecule has 0 spiro atoms. The second-order valence-electron chi connectivity index (χ2n) is 4.87. The first-order chi connectivity index (χ1) is 9.60. The summed E-state index contributed by atoms with van der Waals surface area (Å²) in [6.07, 6.45) is 0.148. The number of nitrogens with zero attached hydrogens (tertiary/aromatic N) is 4. The monoisotopic (exact) mass is 280 g/mol. The van der Waals surface area contributed by atoms with E-state index in [0.717, 1.165) is 32.0 Å². The maximum absolute atomic E-state index is 11.7. The minimum Gasteiger partial charge on any atom is -0.469 e. The van der Waals surface area contributed by atoms with Gasteiger partial charge in [0.05, 0.1) is 20.1 Å². The summed E-state index contributed by atoms with van der Waals surface area (Å²) in [6.45, 7) is 3.97. The maximum Gasteiger partial charge on any atom is 0.307 e. The van der Waals surface area contributed by atoms with Gasteiger partial charge in [-0.25, -0.2) is 4.68 Å². The van der Waals surface area contributed by atoms with Crippen LogP contribution in [-0.2, 0) is 16.1 Å². The molecule has 0 atom stereocenters. The predicted octanol–water partition coefficient (Wildman–Crippen LogP) is -0.442. The van der Waals surface area contributed by atoms with Crippen LogP contribution in [0.3, 0.4) is 0 Å². The Kier molecular flexibility index (Phi) is 4.73. The summed E-state index contributed by atoms with van der Waals surface area (Å²) in [6, 6.07) is 3.24. The predicted molar refractivity (Wildman–Crippen MR) is 74.8 cm³/mol. The first-order valence-corrected chi connectivity index (χ1v) is 6.68. The van der Waals surface area contributed by atoms with Crippen molar-refractivity contribution in [2.45, 2.75) is 13.0 Å². The molecule has 2 heterocycles. The number of esters is 1. The van der Waals surface area contributed by atoms with Crippen LogP contribution in [0.5, 0.6) is 0 Å². The Labute approximate surface area is 117 Å². The average Bonchev–Trinajstić information content (AvgIpc) is 2.47. The van der Waals surface area contributed by atoms with Crippen LogP contribution in [0, 0.1) is 0 Å². The Hall–Kier alpha value is -1.89. The van der Waals surface area contributed by atoms with Crippen molar-refractivity contribution < 1.29 is 9.53 Å². The number of rotatable bonds is 4. The molecule has 1 aliphatic heterocycles. The highest BCUT2D eigenvalue weighted by atomic mass is 16.5. The molecule has 1 aromatic heterocycles. The Morgan fingerprint density at radius 2 is 2.00 bits per heavy atom. The summed E-state index contributed by atoms with van der Waals surface area (Å²) in [5, 5.41) is 4.33. The number of anilines is 1. The Morgan fingerprint density at radius 3 is 2.65 bits per heavy atom. The van der Waals surface area contributed by atoms with Gasteiger partial charge >= 0.3 is 5.97 Å². The summed E-state index contributed by atoms with van der Waals surface area (Å²) in [7, 11) is 3.42. The molecule has 7 nitrogen and oxygen atoms in total. The largest absolute Gasteiger partial charge is 0.469 e. The topological polar surface area (TPSA) is 67.7 Å². The van der Waals surface area contributed by atoms with Crippen LogP contribution in [-0.4, -0.2) is 61.0 Å². The third-order valence-electron chi connectivity index (χ3n) is 3.44. The summed E-state index contributed by atoms with van der Waals surface area (Å²) in [4.78, 5) is 27.3. The van der Waals surface area contributed by atoms with Crippen LogP contribution in [0.2, 0.25) is 0 Å². The molecule has 0 radical (unpaired) electrons. The van der Waals surface area contributed by atoms with E-state index in [0.29, 0.717) is 0 Å². The normalized spacial score (nSPS) is 16.2. The van der Waals surface area contributed by atoms with E-state index in [9.17, 15) is 9.59 Å². The number of ether oxygens (including phenoxy) is 1. The number of carbonyl (C=O) groups is 1. The molecule has 0 amide bonds. The Morgan fingerprint density at radius 1 is 1.30 bits per heavy atom. The number of piperazine rings is 1. The van der Waals surface area contributed by atoms with Crippen LogP contribution >= 0.6 is 0 Å². The molecule has 2 rings (SSSR count). The number of likely N-dealkylation sites (N-methyl/N-ethyl adjacent to an activating group) is 1. The fourth-order valence-electron chi connectivity index (χ4n) is 2.10. The van der Waals surface area contributed by atoms with Crippen molar-refractivity contribution in [3.63, 3.8) is 0 Å². The van der Waals surface area contributed by atoms with Crippen molar-refractivity contribution in [1.82, 2.24) is 14.7 Å². The van der Waals surface area contributed by atoms with Gasteiger partial charge in [0, 0.05) is 32.2 Å². The van der Waals surface area contributed by atoms with Crippen molar-refractivity contribution in [3.05, 3.63) is 22.5 Å². The van der Waals surface area contributed by atoms with Gasteiger partial charge in [-0.05, 0) is 13.1 Å². The Bertz CT molecular complexity index is 521. The molecular formula is C13H20N4O3. The number of hydrogen-bond acceptors (Lipinski definition) is 6. The molecule has 110 valence electrons. The highest BCUT2D eigenvalue weighted by molar-refractivity contribution is 5.68. The number of carbonyl (C=O) groups excluding carboxylic acids is 1. The maximum atomic E-state index is 11.7. The summed E-state index contributed by atoms with van der Waals surface area (Å²) in [5.41, 5.74) is -0.202. The molecule has 7 heteroatoms. The number of aryl methyl sites for hydroxylation is 1. The van der Waals surface area contributed by atoms with Gasteiger partial charge in [0.25, 0.3) is 5.56 Å². The highest BCUT2D eigenvalue weighted by Crippen LogP contribution is 2.10. The first kappa shape index (κ1) is 14.5.